The van der Waals surface area contributed by atoms with E-state index in [1.165, 1.54) is 10.8 Å². The van der Waals surface area contributed by atoms with Crippen LogP contribution in [0.3, 0.4) is 0 Å². The maximum atomic E-state index is 13.6. The van der Waals surface area contributed by atoms with Crippen LogP contribution in [0.1, 0.15) is 12.5 Å². The molecule has 0 aliphatic rings. The van der Waals surface area contributed by atoms with Crippen LogP contribution in [0.25, 0.3) is 0 Å². The molecule has 1 aromatic carbocycles. The topological polar surface area (TPSA) is 70.0 Å². The monoisotopic (exact) mass is 281 g/mol. The van der Waals surface area contributed by atoms with Crippen molar-refractivity contribution in [2.75, 3.05) is 5.73 Å². The predicted molar refractivity (Wildman–Crippen MR) is 70.5 cm³/mol. The molecule has 2 rings (SSSR count). The molecule has 0 radical (unpaired) electrons. The summed E-state index contributed by atoms with van der Waals surface area (Å²) in [4.78, 5) is 23.9. The lowest BCUT2D eigenvalue weighted by Gasteiger charge is -2.10. The molecule has 5 nitrogen and oxygen atoms in total. The van der Waals surface area contributed by atoms with E-state index in [4.69, 9.17) is 5.73 Å². The molecule has 0 bridgehead atoms. The summed E-state index contributed by atoms with van der Waals surface area (Å²) in [7, 11) is 0. The zero-order valence-electron chi connectivity index (χ0n) is 10.8. The van der Waals surface area contributed by atoms with Gasteiger partial charge in [-0.3, -0.25) is 13.9 Å². The van der Waals surface area contributed by atoms with E-state index in [0.717, 1.165) is 22.8 Å². The Morgan fingerprint density at radius 2 is 1.95 bits per heavy atom. The average Bonchev–Trinajstić information content (AvgIpc) is 2.42. The van der Waals surface area contributed by atoms with Crippen molar-refractivity contribution in [3.05, 3.63) is 62.4 Å². The van der Waals surface area contributed by atoms with Gasteiger partial charge in [0.15, 0.2) is 0 Å². The first kappa shape index (κ1) is 14.0. The van der Waals surface area contributed by atoms with Gasteiger partial charge in [0, 0.05) is 18.3 Å². The highest BCUT2D eigenvalue weighted by Crippen LogP contribution is 2.10. The quantitative estimate of drug-likeness (QED) is 0.910. The Morgan fingerprint density at radius 1 is 1.25 bits per heavy atom. The molecule has 0 saturated carbocycles. The Hall–Kier alpha value is -2.44. The largest absolute Gasteiger partial charge is 0.393 e. The number of anilines is 1. The normalized spacial score (nSPS) is 10.8. The lowest BCUT2D eigenvalue weighted by atomic mass is 10.2. The molecule has 0 saturated heterocycles. The number of halogens is 2. The zero-order valence-corrected chi connectivity index (χ0v) is 10.8. The summed E-state index contributed by atoms with van der Waals surface area (Å²) in [6, 6.07) is 2.85. The fourth-order valence-corrected chi connectivity index (χ4v) is 1.88. The summed E-state index contributed by atoms with van der Waals surface area (Å²) in [6.45, 7) is 1.65. The Labute approximate surface area is 112 Å². The van der Waals surface area contributed by atoms with Crippen LogP contribution in [0.2, 0.25) is 0 Å². The maximum absolute atomic E-state index is 13.6. The number of aromatic nitrogens is 2. The van der Waals surface area contributed by atoms with Gasteiger partial charge in [0.2, 0.25) is 0 Å². The molecule has 0 amide bonds. The first-order chi connectivity index (χ1) is 9.43. The highest BCUT2D eigenvalue weighted by molar-refractivity contribution is 5.31. The van der Waals surface area contributed by atoms with Crippen molar-refractivity contribution < 1.29 is 8.78 Å². The summed E-state index contributed by atoms with van der Waals surface area (Å²) < 4.78 is 28.7. The smallest absolute Gasteiger partial charge is 0.331 e. The lowest BCUT2D eigenvalue weighted by molar-refractivity contribution is 0.555. The van der Waals surface area contributed by atoms with E-state index in [1.807, 2.05) is 0 Å². The van der Waals surface area contributed by atoms with E-state index in [2.05, 4.69) is 0 Å². The second-order valence-corrected chi connectivity index (χ2v) is 4.28. The van der Waals surface area contributed by atoms with Crippen LogP contribution in [0.5, 0.6) is 0 Å². The number of nitrogens with zero attached hydrogens (tertiary/aromatic N) is 2. The molecule has 106 valence electrons. The minimum Gasteiger partial charge on any atom is -0.393 e. The summed E-state index contributed by atoms with van der Waals surface area (Å²) in [6.07, 6.45) is 1.24. The zero-order chi connectivity index (χ0) is 14.9. The van der Waals surface area contributed by atoms with E-state index >= 15 is 0 Å². The van der Waals surface area contributed by atoms with Gasteiger partial charge in [-0.2, -0.15) is 0 Å². The number of nitrogen functional groups attached to an aromatic ring is 1. The minimum atomic E-state index is -0.719. The van der Waals surface area contributed by atoms with Crippen molar-refractivity contribution in [2.45, 2.75) is 20.0 Å². The van der Waals surface area contributed by atoms with Crippen LogP contribution in [-0.2, 0) is 13.1 Å². The van der Waals surface area contributed by atoms with E-state index < -0.39 is 22.9 Å². The van der Waals surface area contributed by atoms with Gasteiger partial charge in [0.25, 0.3) is 5.56 Å². The molecule has 0 atom stereocenters. The number of aryl methyl sites for hydroxylation is 1. The van der Waals surface area contributed by atoms with Gasteiger partial charge in [-0.05, 0) is 25.1 Å². The molecule has 1 aromatic heterocycles. The Morgan fingerprint density at radius 3 is 2.60 bits per heavy atom. The molecule has 0 aliphatic heterocycles. The first-order valence-electron chi connectivity index (χ1n) is 5.97. The fraction of sp³-hybridized carbons (Fsp3) is 0.231. The van der Waals surface area contributed by atoms with Crippen LogP contribution in [0.15, 0.2) is 34.0 Å². The van der Waals surface area contributed by atoms with Crippen molar-refractivity contribution >= 4 is 5.69 Å². The SMILES string of the molecule is CCn1cc(N)c(=O)n(Cc2cc(F)ccc2F)c1=O. The Kier molecular flexibility index (Phi) is 3.69. The van der Waals surface area contributed by atoms with Crippen molar-refractivity contribution in [3.63, 3.8) is 0 Å². The Balaban J connectivity index is 2.59. The molecule has 2 N–H and O–H groups in total. The molecular weight excluding hydrogens is 268 g/mol. The highest BCUT2D eigenvalue weighted by Gasteiger charge is 2.12. The summed E-state index contributed by atoms with van der Waals surface area (Å²) in [5, 5.41) is 0. The predicted octanol–water partition coefficient (Wildman–Crippen LogP) is 0.939. The second-order valence-electron chi connectivity index (χ2n) is 4.28. The van der Waals surface area contributed by atoms with Gasteiger partial charge >= 0.3 is 5.69 Å². The average molecular weight is 281 g/mol. The third-order valence-corrected chi connectivity index (χ3v) is 2.94. The summed E-state index contributed by atoms with van der Waals surface area (Å²) in [5.74, 6) is -1.34. The van der Waals surface area contributed by atoms with Crippen LogP contribution in [0.4, 0.5) is 14.5 Å². The standard InChI is InChI=1S/C13H13F2N3O2/c1-2-17-7-11(16)12(19)18(13(17)20)6-8-5-9(14)3-4-10(8)15/h3-5,7H,2,6,16H2,1H3. The molecule has 1 heterocycles. The van der Waals surface area contributed by atoms with Crippen molar-refractivity contribution in [1.29, 1.82) is 0 Å². The van der Waals surface area contributed by atoms with Gasteiger partial charge in [0.05, 0.1) is 6.54 Å². The molecular formula is C13H13F2N3O2. The second kappa shape index (κ2) is 5.28. The maximum Gasteiger partial charge on any atom is 0.331 e. The van der Waals surface area contributed by atoms with Crippen molar-refractivity contribution in [2.24, 2.45) is 0 Å². The van der Waals surface area contributed by atoms with Crippen molar-refractivity contribution in [3.8, 4) is 0 Å². The number of hydrogen-bond donors (Lipinski definition) is 1. The first-order valence-corrected chi connectivity index (χ1v) is 5.97. The van der Waals surface area contributed by atoms with Crippen LogP contribution >= 0.6 is 0 Å². The number of hydrogen-bond acceptors (Lipinski definition) is 3. The Bertz CT molecular complexity index is 765. The summed E-state index contributed by atoms with van der Waals surface area (Å²) in [5.41, 5.74) is 3.98. The minimum absolute atomic E-state index is 0.0857. The molecule has 2 aromatic rings. The highest BCUT2D eigenvalue weighted by atomic mass is 19.1. The van der Waals surface area contributed by atoms with Crippen molar-refractivity contribution in [1.82, 2.24) is 9.13 Å². The molecule has 7 heteroatoms. The number of benzene rings is 1. The van der Waals surface area contributed by atoms with Crippen LogP contribution in [-0.4, -0.2) is 9.13 Å². The van der Waals surface area contributed by atoms with Gasteiger partial charge in [-0.1, -0.05) is 0 Å². The van der Waals surface area contributed by atoms with Gasteiger partial charge in [-0.15, -0.1) is 0 Å². The van der Waals surface area contributed by atoms with Crippen LogP contribution < -0.4 is 17.0 Å². The van der Waals surface area contributed by atoms with Gasteiger partial charge < -0.3 is 5.73 Å². The van der Waals surface area contributed by atoms with Gasteiger partial charge in [0.1, 0.15) is 17.3 Å². The third-order valence-electron chi connectivity index (χ3n) is 2.94. The summed E-state index contributed by atoms with van der Waals surface area (Å²) >= 11 is 0. The van der Waals surface area contributed by atoms with Crippen LogP contribution in [0, 0.1) is 11.6 Å². The third kappa shape index (κ3) is 2.47. The molecule has 0 spiro atoms. The van der Waals surface area contributed by atoms with Gasteiger partial charge in [-0.25, -0.2) is 13.6 Å². The fourth-order valence-electron chi connectivity index (χ4n) is 1.88. The van der Waals surface area contributed by atoms with E-state index in [-0.39, 0.29) is 17.8 Å². The van der Waals surface area contributed by atoms with E-state index in [0.29, 0.717) is 6.54 Å². The molecule has 20 heavy (non-hydrogen) atoms. The van der Waals surface area contributed by atoms with E-state index in [1.54, 1.807) is 6.92 Å². The molecule has 0 fully saturated rings. The number of rotatable bonds is 3. The molecule has 0 aliphatic carbocycles. The number of nitrogens with two attached hydrogens (primary N) is 1. The lowest BCUT2D eigenvalue weighted by Crippen LogP contribution is -2.40. The van der Waals surface area contributed by atoms with E-state index in [9.17, 15) is 18.4 Å². The molecule has 0 unspecified atom stereocenters.